The highest BCUT2D eigenvalue weighted by Crippen LogP contribution is 2.47. The van der Waals surface area contributed by atoms with Crippen LogP contribution in [0.25, 0.3) is 11.1 Å². The van der Waals surface area contributed by atoms with E-state index in [0.29, 0.717) is 6.42 Å². The topological polar surface area (TPSA) is 66.8 Å². The molecule has 0 heterocycles. The van der Waals surface area contributed by atoms with Crippen LogP contribution >= 0.6 is 0 Å². The van der Waals surface area contributed by atoms with Gasteiger partial charge in [0.15, 0.2) is 0 Å². The van der Waals surface area contributed by atoms with Crippen LogP contribution in [-0.4, -0.2) is 35.2 Å². The Morgan fingerprint density at radius 2 is 1.43 bits per heavy atom. The summed E-state index contributed by atoms with van der Waals surface area (Å²) in [6.45, 7) is 0. The third-order valence-electron chi connectivity index (χ3n) is 5.63. The van der Waals surface area contributed by atoms with Crippen molar-refractivity contribution in [3.63, 3.8) is 0 Å². The Morgan fingerprint density at radius 1 is 0.900 bits per heavy atom. The molecule has 4 rings (SSSR count). The standard InChI is InChI=1S/C25H23NO4/c1-30-25(29)26(22(24(27)28)16-15-17-9-3-2-4-10-17)23-20-13-7-5-11-18(20)19-12-6-8-14-21(19)23/h2-14,22-23H,15-16H2,1H3,(H,27,28)/t22-/m0/s1. The molecule has 1 atom stereocenters. The van der Waals surface area contributed by atoms with Crippen molar-refractivity contribution in [3.8, 4) is 11.1 Å². The van der Waals surface area contributed by atoms with Gasteiger partial charge in [0.25, 0.3) is 0 Å². The molecule has 3 aromatic rings. The normalized spacial score (nSPS) is 13.2. The Morgan fingerprint density at radius 3 is 1.97 bits per heavy atom. The Labute approximate surface area is 175 Å². The number of rotatable bonds is 6. The second kappa shape index (κ2) is 8.41. The zero-order valence-electron chi connectivity index (χ0n) is 16.7. The van der Waals surface area contributed by atoms with Gasteiger partial charge in [-0.25, -0.2) is 9.59 Å². The van der Waals surface area contributed by atoms with Gasteiger partial charge in [-0.3, -0.25) is 4.90 Å². The van der Waals surface area contributed by atoms with Crippen molar-refractivity contribution in [2.75, 3.05) is 7.11 Å². The van der Waals surface area contributed by atoms with Crippen molar-refractivity contribution in [3.05, 3.63) is 95.6 Å². The lowest BCUT2D eigenvalue weighted by molar-refractivity contribution is -0.143. The lowest BCUT2D eigenvalue weighted by Gasteiger charge is -2.34. The number of aliphatic carboxylic acids is 1. The molecule has 152 valence electrons. The largest absolute Gasteiger partial charge is 0.480 e. The van der Waals surface area contributed by atoms with Gasteiger partial charge in [-0.2, -0.15) is 0 Å². The average molecular weight is 401 g/mol. The quantitative estimate of drug-likeness (QED) is 0.637. The molecule has 0 saturated carbocycles. The number of benzene rings is 3. The predicted molar refractivity (Wildman–Crippen MR) is 114 cm³/mol. The number of carbonyl (C=O) groups is 2. The van der Waals surface area contributed by atoms with Crippen molar-refractivity contribution in [2.45, 2.75) is 24.9 Å². The summed E-state index contributed by atoms with van der Waals surface area (Å²) in [5.41, 5.74) is 4.88. The number of amides is 1. The van der Waals surface area contributed by atoms with Gasteiger partial charge in [0, 0.05) is 0 Å². The molecule has 0 spiro atoms. The fourth-order valence-electron chi connectivity index (χ4n) is 4.28. The van der Waals surface area contributed by atoms with Crippen LogP contribution in [0.2, 0.25) is 0 Å². The predicted octanol–water partition coefficient (Wildman–Crippen LogP) is 4.91. The van der Waals surface area contributed by atoms with Crippen molar-refractivity contribution >= 4 is 12.1 Å². The minimum absolute atomic E-state index is 0.287. The summed E-state index contributed by atoms with van der Waals surface area (Å²) in [7, 11) is 1.29. The van der Waals surface area contributed by atoms with Crippen molar-refractivity contribution in [2.24, 2.45) is 0 Å². The Kier molecular flexibility index (Phi) is 5.53. The zero-order chi connectivity index (χ0) is 21.1. The van der Waals surface area contributed by atoms with Crippen LogP contribution in [0, 0.1) is 0 Å². The van der Waals surface area contributed by atoms with Crippen LogP contribution in [0.5, 0.6) is 0 Å². The van der Waals surface area contributed by atoms with E-state index < -0.39 is 24.1 Å². The minimum Gasteiger partial charge on any atom is -0.480 e. The second-order valence-electron chi connectivity index (χ2n) is 7.33. The lowest BCUT2D eigenvalue weighted by Crippen LogP contribution is -2.47. The summed E-state index contributed by atoms with van der Waals surface area (Å²) in [6, 6.07) is 23.8. The smallest absolute Gasteiger partial charge is 0.411 e. The first-order valence-electron chi connectivity index (χ1n) is 9.93. The monoisotopic (exact) mass is 401 g/mol. The van der Waals surface area contributed by atoms with Gasteiger partial charge in [0.1, 0.15) is 6.04 Å². The van der Waals surface area contributed by atoms with E-state index in [-0.39, 0.29) is 6.42 Å². The molecule has 0 saturated heterocycles. The molecule has 0 aliphatic heterocycles. The average Bonchev–Trinajstić information content (AvgIpc) is 3.11. The van der Waals surface area contributed by atoms with Gasteiger partial charge in [-0.1, -0.05) is 78.9 Å². The number of hydrogen-bond donors (Lipinski definition) is 1. The zero-order valence-corrected chi connectivity index (χ0v) is 16.7. The maximum Gasteiger partial charge on any atom is 0.411 e. The summed E-state index contributed by atoms with van der Waals surface area (Å²) in [4.78, 5) is 26.6. The molecule has 30 heavy (non-hydrogen) atoms. The fraction of sp³-hybridized carbons (Fsp3) is 0.200. The molecule has 0 unspecified atom stereocenters. The Balaban J connectivity index is 1.76. The van der Waals surface area contributed by atoms with Crippen LogP contribution in [0.4, 0.5) is 4.79 Å². The minimum atomic E-state index is -1.04. The SMILES string of the molecule is COC(=O)N(C1c2ccccc2-c2ccccc21)[C@@H](CCc1ccccc1)C(=O)O. The highest BCUT2D eigenvalue weighted by Gasteiger charge is 2.41. The summed E-state index contributed by atoms with van der Waals surface area (Å²) < 4.78 is 5.06. The van der Waals surface area contributed by atoms with E-state index >= 15 is 0 Å². The van der Waals surface area contributed by atoms with Gasteiger partial charge in [-0.05, 0) is 40.7 Å². The summed E-state index contributed by atoms with van der Waals surface area (Å²) in [5.74, 6) is -1.04. The van der Waals surface area contributed by atoms with Crippen molar-refractivity contribution in [1.82, 2.24) is 4.90 Å². The number of aryl methyl sites for hydroxylation is 1. The van der Waals surface area contributed by atoms with Gasteiger partial charge < -0.3 is 9.84 Å². The Bertz CT molecular complexity index is 1020. The van der Waals surface area contributed by atoms with E-state index in [2.05, 4.69) is 0 Å². The molecule has 1 amide bonds. The molecule has 0 aromatic heterocycles. The van der Waals surface area contributed by atoms with Crippen LogP contribution in [0.1, 0.15) is 29.2 Å². The van der Waals surface area contributed by atoms with Crippen LogP contribution < -0.4 is 0 Å². The second-order valence-corrected chi connectivity index (χ2v) is 7.33. The lowest BCUT2D eigenvalue weighted by atomic mass is 9.98. The summed E-state index contributed by atoms with van der Waals surface area (Å²) in [5, 5.41) is 10.1. The van der Waals surface area contributed by atoms with E-state index in [1.807, 2.05) is 78.9 Å². The summed E-state index contributed by atoms with van der Waals surface area (Å²) in [6.07, 6.45) is 0.184. The number of nitrogens with zero attached hydrogens (tertiary/aromatic N) is 1. The van der Waals surface area contributed by atoms with E-state index in [1.165, 1.54) is 12.0 Å². The van der Waals surface area contributed by atoms with E-state index in [9.17, 15) is 14.7 Å². The molecule has 1 N–H and O–H groups in total. The molecule has 0 bridgehead atoms. The number of fused-ring (bicyclic) bond motifs is 3. The molecular weight excluding hydrogens is 378 g/mol. The van der Waals surface area contributed by atoms with Gasteiger partial charge in [0.2, 0.25) is 0 Å². The highest BCUT2D eigenvalue weighted by atomic mass is 16.5. The van der Waals surface area contributed by atoms with E-state index in [4.69, 9.17) is 4.74 Å². The van der Waals surface area contributed by atoms with Crippen LogP contribution in [-0.2, 0) is 16.0 Å². The first-order chi connectivity index (χ1) is 14.6. The Hall–Kier alpha value is -3.60. The molecule has 0 radical (unpaired) electrons. The highest BCUT2D eigenvalue weighted by molar-refractivity contribution is 5.85. The number of carboxylic acids is 1. The maximum absolute atomic E-state index is 12.9. The molecule has 5 heteroatoms. The van der Waals surface area contributed by atoms with Gasteiger partial charge in [0.05, 0.1) is 13.2 Å². The molecule has 0 fully saturated rings. The van der Waals surface area contributed by atoms with Gasteiger partial charge in [-0.15, -0.1) is 0 Å². The number of carboxylic acid groups (broad SMARTS) is 1. The first kappa shape index (κ1) is 19.7. The number of carbonyl (C=O) groups excluding carboxylic acids is 1. The molecule has 1 aliphatic rings. The van der Waals surface area contributed by atoms with Crippen molar-refractivity contribution < 1.29 is 19.4 Å². The summed E-state index contributed by atoms with van der Waals surface area (Å²) >= 11 is 0. The van der Waals surface area contributed by atoms with Crippen molar-refractivity contribution in [1.29, 1.82) is 0 Å². The maximum atomic E-state index is 12.9. The third kappa shape index (κ3) is 3.54. The molecule has 5 nitrogen and oxygen atoms in total. The number of hydrogen-bond acceptors (Lipinski definition) is 3. The fourth-order valence-corrected chi connectivity index (χ4v) is 4.28. The van der Waals surface area contributed by atoms with Gasteiger partial charge >= 0.3 is 12.1 Å². The molecule has 3 aromatic carbocycles. The number of methoxy groups -OCH3 is 1. The van der Waals surface area contributed by atoms with Crippen LogP contribution in [0.3, 0.4) is 0 Å². The van der Waals surface area contributed by atoms with Crippen LogP contribution in [0.15, 0.2) is 78.9 Å². The first-order valence-corrected chi connectivity index (χ1v) is 9.93. The molecular formula is C25H23NO4. The van der Waals surface area contributed by atoms with E-state index in [1.54, 1.807) is 0 Å². The molecule has 1 aliphatic carbocycles. The number of ether oxygens (including phenoxy) is 1. The third-order valence-corrected chi connectivity index (χ3v) is 5.63. The van der Waals surface area contributed by atoms with E-state index in [0.717, 1.165) is 27.8 Å².